The molecule has 0 unspecified atom stereocenters. The third-order valence-electron chi connectivity index (χ3n) is 11.6. The number of nitrogens with zero attached hydrogens (tertiary/aromatic N) is 5. The Balaban J connectivity index is 1.21. The van der Waals surface area contributed by atoms with Crippen LogP contribution in [-0.4, -0.2) is 15.0 Å². The average molecular weight is 766 g/mol. The Morgan fingerprint density at radius 1 is 0.367 bits per heavy atom. The zero-order valence-corrected chi connectivity index (χ0v) is 32.0. The summed E-state index contributed by atoms with van der Waals surface area (Å²) in [5, 5.41) is 19.4. The SMILES string of the molecule is N#Cc1cc(C#N)cc(-c2ccc(-c3cccc4c3-c3c(-c5nc(-c6ccccc6)nc(-c6ccccc6)n5)cccc3C43c4ccccc4Oc4ccccc43)cc2)c1. The number of nitriles is 2. The number of rotatable bonds is 5. The van der Waals surface area contributed by atoms with Crippen LogP contribution in [0.2, 0.25) is 0 Å². The molecule has 0 amide bonds. The summed E-state index contributed by atoms with van der Waals surface area (Å²) in [5.41, 5.74) is 13.2. The number of fused-ring (bicyclic) bond motifs is 9. The van der Waals surface area contributed by atoms with Crippen molar-refractivity contribution < 1.29 is 4.74 Å². The molecule has 2 aliphatic rings. The summed E-state index contributed by atoms with van der Waals surface area (Å²) in [5.74, 6) is 3.38. The minimum absolute atomic E-state index is 0.449. The van der Waals surface area contributed by atoms with Gasteiger partial charge in [-0.25, -0.2) is 15.0 Å². The third-order valence-corrected chi connectivity index (χ3v) is 11.6. The van der Waals surface area contributed by atoms with E-state index in [0.717, 1.165) is 83.8 Å². The van der Waals surface area contributed by atoms with Gasteiger partial charge in [0.2, 0.25) is 0 Å². The summed E-state index contributed by atoms with van der Waals surface area (Å²) in [6, 6.07) is 68.0. The molecule has 1 aromatic heterocycles. The van der Waals surface area contributed by atoms with Crippen molar-refractivity contribution >= 4 is 0 Å². The second-order valence-electron chi connectivity index (χ2n) is 14.9. The van der Waals surface area contributed by atoms with Crippen molar-refractivity contribution in [1.82, 2.24) is 15.0 Å². The molecule has 0 saturated carbocycles. The van der Waals surface area contributed by atoms with Gasteiger partial charge < -0.3 is 4.74 Å². The molecular formula is C54H31N5O. The highest BCUT2D eigenvalue weighted by Crippen LogP contribution is 2.64. The zero-order valence-electron chi connectivity index (χ0n) is 32.0. The number of hydrogen-bond donors (Lipinski definition) is 0. The second-order valence-corrected chi connectivity index (χ2v) is 14.9. The summed E-state index contributed by atoms with van der Waals surface area (Å²) in [6.07, 6.45) is 0. The van der Waals surface area contributed by atoms with E-state index < -0.39 is 5.41 Å². The van der Waals surface area contributed by atoms with Gasteiger partial charge in [-0.1, -0.05) is 158 Å². The van der Waals surface area contributed by atoms with Gasteiger partial charge in [0.15, 0.2) is 17.5 Å². The smallest absolute Gasteiger partial charge is 0.164 e. The number of ether oxygens (including phenoxy) is 1. The fourth-order valence-electron chi connectivity index (χ4n) is 9.11. The Hall–Kier alpha value is -8.45. The van der Waals surface area contributed by atoms with Crippen molar-refractivity contribution in [3.8, 4) is 91.2 Å². The van der Waals surface area contributed by atoms with Gasteiger partial charge in [0.1, 0.15) is 11.5 Å². The first-order valence-electron chi connectivity index (χ1n) is 19.7. The standard InChI is InChI=1S/C54H31N5O/c55-32-34-29-35(33-56)31-40(30-34)36-25-27-37(28-26-36)41-17-11-21-45-49(41)50-42(53-58-51(38-13-3-1-4-14-38)57-52(59-53)39-15-5-2-6-16-39)18-12-22-46(50)54(45)43-19-7-9-23-47(43)60-48-24-10-8-20-44(48)54/h1-31H. The van der Waals surface area contributed by atoms with Crippen LogP contribution in [0, 0.1) is 22.7 Å². The van der Waals surface area contributed by atoms with Gasteiger partial charge in [-0.05, 0) is 74.8 Å². The first-order chi connectivity index (χ1) is 29.6. The fourth-order valence-corrected chi connectivity index (χ4v) is 9.11. The van der Waals surface area contributed by atoms with Crippen LogP contribution < -0.4 is 4.74 Å². The number of hydrogen-bond acceptors (Lipinski definition) is 6. The highest BCUT2D eigenvalue weighted by atomic mass is 16.5. The van der Waals surface area contributed by atoms with E-state index in [0.29, 0.717) is 28.6 Å². The van der Waals surface area contributed by atoms with Crippen LogP contribution in [0.4, 0.5) is 0 Å². The molecule has 0 saturated heterocycles. The molecule has 278 valence electrons. The lowest BCUT2D eigenvalue weighted by Crippen LogP contribution is -2.32. The van der Waals surface area contributed by atoms with Gasteiger partial charge in [0.05, 0.1) is 28.7 Å². The molecular weight excluding hydrogens is 735 g/mol. The molecule has 0 fully saturated rings. The van der Waals surface area contributed by atoms with Crippen molar-refractivity contribution in [2.75, 3.05) is 0 Å². The molecule has 60 heavy (non-hydrogen) atoms. The van der Waals surface area contributed by atoms with E-state index in [-0.39, 0.29) is 0 Å². The predicted molar refractivity (Wildman–Crippen MR) is 234 cm³/mol. The van der Waals surface area contributed by atoms with Crippen LogP contribution in [0.1, 0.15) is 33.4 Å². The first kappa shape index (κ1) is 34.8. The predicted octanol–water partition coefficient (Wildman–Crippen LogP) is 12.4. The summed E-state index contributed by atoms with van der Waals surface area (Å²) in [6.45, 7) is 0. The molecule has 6 heteroatoms. The Kier molecular flexibility index (Phi) is 8.05. The lowest BCUT2D eigenvalue weighted by atomic mass is 9.66. The van der Waals surface area contributed by atoms with Crippen LogP contribution in [0.15, 0.2) is 188 Å². The molecule has 1 spiro atoms. The minimum atomic E-state index is -0.731. The highest BCUT2D eigenvalue weighted by molar-refractivity contribution is 6.02. The first-order valence-corrected chi connectivity index (χ1v) is 19.7. The van der Waals surface area contributed by atoms with E-state index in [2.05, 4.69) is 109 Å². The lowest BCUT2D eigenvalue weighted by Gasteiger charge is -2.39. The van der Waals surface area contributed by atoms with Crippen LogP contribution >= 0.6 is 0 Å². The van der Waals surface area contributed by atoms with Crippen molar-refractivity contribution in [2.24, 2.45) is 0 Å². The molecule has 6 nitrogen and oxygen atoms in total. The van der Waals surface area contributed by atoms with Gasteiger partial charge in [-0.15, -0.1) is 0 Å². The molecule has 0 bridgehead atoms. The fraction of sp³-hybridized carbons (Fsp3) is 0.0185. The van der Waals surface area contributed by atoms with Crippen molar-refractivity contribution in [1.29, 1.82) is 10.5 Å². The van der Waals surface area contributed by atoms with Crippen LogP contribution in [-0.2, 0) is 5.41 Å². The maximum Gasteiger partial charge on any atom is 0.164 e. The van der Waals surface area contributed by atoms with Crippen LogP contribution in [0.25, 0.3) is 67.5 Å². The van der Waals surface area contributed by atoms with Crippen LogP contribution in [0.3, 0.4) is 0 Å². The maximum atomic E-state index is 9.69. The van der Waals surface area contributed by atoms with Gasteiger partial charge >= 0.3 is 0 Å². The van der Waals surface area contributed by atoms with E-state index in [1.807, 2.05) is 84.9 Å². The van der Waals surface area contributed by atoms with Gasteiger partial charge in [-0.2, -0.15) is 10.5 Å². The van der Waals surface area contributed by atoms with Crippen LogP contribution in [0.5, 0.6) is 11.5 Å². The average Bonchev–Trinajstić information content (AvgIpc) is 3.62. The number of aromatic nitrogens is 3. The molecule has 11 rings (SSSR count). The molecule has 1 aliphatic heterocycles. The van der Waals surface area contributed by atoms with Gasteiger partial charge in [0.25, 0.3) is 0 Å². The Labute approximate surface area is 347 Å². The van der Waals surface area contributed by atoms with E-state index in [4.69, 9.17) is 19.7 Å². The summed E-state index contributed by atoms with van der Waals surface area (Å²) in [4.78, 5) is 15.5. The normalized spacial score (nSPS) is 12.6. The van der Waals surface area contributed by atoms with E-state index in [1.165, 1.54) is 0 Å². The van der Waals surface area contributed by atoms with Crippen molar-refractivity contribution in [2.45, 2.75) is 5.41 Å². The quantitative estimate of drug-likeness (QED) is 0.173. The molecule has 0 radical (unpaired) electrons. The molecule has 9 aromatic rings. The largest absolute Gasteiger partial charge is 0.457 e. The molecule has 0 N–H and O–H groups in total. The number of para-hydroxylation sites is 2. The van der Waals surface area contributed by atoms with Gasteiger partial charge in [-0.3, -0.25) is 0 Å². The molecule has 0 atom stereocenters. The third kappa shape index (κ3) is 5.36. The summed E-state index contributed by atoms with van der Waals surface area (Å²) < 4.78 is 6.67. The van der Waals surface area contributed by atoms with Crippen molar-refractivity contribution in [3.63, 3.8) is 0 Å². The monoisotopic (exact) mass is 765 g/mol. The maximum absolute atomic E-state index is 9.69. The van der Waals surface area contributed by atoms with Crippen molar-refractivity contribution in [3.05, 3.63) is 221 Å². The lowest BCUT2D eigenvalue weighted by molar-refractivity contribution is 0.436. The Morgan fingerprint density at radius 3 is 1.37 bits per heavy atom. The second kappa shape index (κ2) is 13.9. The zero-order chi connectivity index (χ0) is 40.2. The Morgan fingerprint density at radius 2 is 0.817 bits per heavy atom. The summed E-state index contributed by atoms with van der Waals surface area (Å²) >= 11 is 0. The number of benzene rings is 8. The van der Waals surface area contributed by atoms with E-state index in [9.17, 15) is 10.5 Å². The minimum Gasteiger partial charge on any atom is -0.457 e. The summed E-state index contributed by atoms with van der Waals surface area (Å²) in [7, 11) is 0. The van der Waals surface area contributed by atoms with E-state index >= 15 is 0 Å². The van der Waals surface area contributed by atoms with E-state index in [1.54, 1.807) is 6.07 Å². The molecule has 1 aliphatic carbocycles. The molecule has 8 aromatic carbocycles. The molecule has 2 heterocycles. The van der Waals surface area contributed by atoms with Gasteiger partial charge in [0, 0.05) is 27.8 Å². The Bertz CT molecular complexity index is 3120. The topological polar surface area (TPSA) is 95.5 Å². The highest BCUT2D eigenvalue weighted by Gasteiger charge is 2.52.